The number of nitrogens with zero attached hydrogens (tertiary/aromatic N) is 4. The molecule has 1 heterocycles. The van der Waals surface area contributed by atoms with E-state index in [-0.39, 0.29) is 0 Å². The second kappa shape index (κ2) is 6.92. The normalized spacial score (nSPS) is 17.2. The van der Waals surface area contributed by atoms with E-state index < -0.39 is 0 Å². The summed E-state index contributed by atoms with van der Waals surface area (Å²) in [5, 5.41) is 4.87. The number of benzene rings is 1. The van der Waals surface area contributed by atoms with Crippen molar-refractivity contribution < 1.29 is 4.74 Å². The van der Waals surface area contributed by atoms with E-state index in [1.807, 2.05) is 23.7 Å². The second-order valence-corrected chi connectivity index (χ2v) is 7.61. The smallest absolute Gasteiger partial charge is 0.199 e. The van der Waals surface area contributed by atoms with Gasteiger partial charge in [0.1, 0.15) is 11.6 Å². The molecule has 134 valence electrons. The Bertz CT molecular complexity index is 787. The molecule has 5 nitrogen and oxygen atoms in total. The molecule has 1 aromatic carbocycles. The molecule has 4 rings (SSSR count). The van der Waals surface area contributed by atoms with E-state index in [1.165, 1.54) is 37.1 Å². The number of ether oxygens (including phenoxy) is 1. The first-order valence-corrected chi connectivity index (χ1v) is 9.66. The Kier molecular flexibility index (Phi) is 4.65. The lowest BCUT2D eigenvalue weighted by atomic mass is 10.2. The van der Waals surface area contributed by atoms with Crippen molar-refractivity contribution in [2.75, 3.05) is 13.7 Å². The predicted molar refractivity (Wildman–Crippen MR) is 100 cm³/mol. The molecule has 2 saturated carbocycles. The van der Waals surface area contributed by atoms with Gasteiger partial charge in [0.05, 0.1) is 13.3 Å². The van der Waals surface area contributed by atoms with Gasteiger partial charge in [0.2, 0.25) is 0 Å². The van der Waals surface area contributed by atoms with E-state index in [0.717, 1.165) is 23.7 Å². The highest BCUT2D eigenvalue weighted by Gasteiger charge is 2.35. The van der Waals surface area contributed by atoms with Crippen LogP contribution in [0.5, 0.6) is 5.75 Å². The van der Waals surface area contributed by atoms with Crippen LogP contribution < -0.4 is 4.74 Å². The van der Waals surface area contributed by atoms with E-state index in [0.29, 0.717) is 18.6 Å². The Morgan fingerprint density at radius 2 is 1.92 bits per heavy atom. The van der Waals surface area contributed by atoms with Crippen molar-refractivity contribution in [2.24, 2.45) is 0 Å². The van der Waals surface area contributed by atoms with Crippen LogP contribution in [0.25, 0.3) is 0 Å². The van der Waals surface area contributed by atoms with Crippen LogP contribution in [0.1, 0.15) is 56.0 Å². The minimum Gasteiger partial charge on any atom is -0.494 e. The summed E-state index contributed by atoms with van der Waals surface area (Å²) in [6.07, 6.45) is 5.03. The largest absolute Gasteiger partial charge is 0.494 e. The van der Waals surface area contributed by atoms with E-state index in [2.05, 4.69) is 28.6 Å². The molecule has 2 aliphatic carbocycles. The molecular formula is C19H26N4OS. The average Bonchev–Trinajstić information content (AvgIpc) is 3.50. The van der Waals surface area contributed by atoms with E-state index >= 15 is 0 Å². The van der Waals surface area contributed by atoms with E-state index in [9.17, 15) is 0 Å². The zero-order chi connectivity index (χ0) is 17.4. The fourth-order valence-electron chi connectivity index (χ4n) is 3.27. The molecule has 0 N–H and O–H groups in total. The summed E-state index contributed by atoms with van der Waals surface area (Å²) >= 11 is 5.73. The van der Waals surface area contributed by atoms with Crippen LogP contribution in [-0.2, 0) is 13.2 Å². The van der Waals surface area contributed by atoms with Gasteiger partial charge < -0.3 is 9.30 Å². The zero-order valence-electron chi connectivity index (χ0n) is 15.0. The fourth-order valence-corrected chi connectivity index (χ4v) is 3.61. The quantitative estimate of drug-likeness (QED) is 0.665. The fraction of sp³-hybridized carbons (Fsp3) is 0.579. The highest BCUT2D eigenvalue weighted by molar-refractivity contribution is 7.71. The van der Waals surface area contributed by atoms with Crippen LogP contribution in [0, 0.1) is 4.77 Å². The van der Waals surface area contributed by atoms with Crippen LogP contribution in [0.15, 0.2) is 24.3 Å². The van der Waals surface area contributed by atoms with Gasteiger partial charge in [-0.1, -0.05) is 12.1 Å². The van der Waals surface area contributed by atoms with E-state index in [1.54, 1.807) is 0 Å². The third-order valence-corrected chi connectivity index (χ3v) is 5.22. The first-order valence-electron chi connectivity index (χ1n) is 9.25. The number of hydrogen-bond acceptors (Lipinski definition) is 4. The highest BCUT2D eigenvalue weighted by Crippen LogP contribution is 2.44. The average molecular weight is 359 g/mol. The summed E-state index contributed by atoms with van der Waals surface area (Å²) in [7, 11) is 2.12. The van der Waals surface area contributed by atoms with Crippen molar-refractivity contribution in [3.05, 3.63) is 40.4 Å². The van der Waals surface area contributed by atoms with Crippen molar-refractivity contribution in [3.8, 4) is 5.75 Å². The Hall–Kier alpha value is -1.66. The van der Waals surface area contributed by atoms with Crippen LogP contribution in [0.2, 0.25) is 0 Å². The van der Waals surface area contributed by atoms with Gasteiger partial charge >= 0.3 is 0 Å². The maximum absolute atomic E-state index is 5.73. The summed E-state index contributed by atoms with van der Waals surface area (Å²) in [6, 6.07) is 8.92. The van der Waals surface area contributed by atoms with Crippen molar-refractivity contribution in [2.45, 2.75) is 57.8 Å². The van der Waals surface area contributed by atoms with Gasteiger partial charge in [-0.2, -0.15) is 5.10 Å². The third-order valence-electron chi connectivity index (χ3n) is 4.81. The minimum absolute atomic E-state index is 0.605. The van der Waals surface area contributed by atoms with Crippen LogP contribution >= 0.6 is 12.2 Å². The zero-order valence-corrected chi connectivity index (χ0v) is 15.8. The molecule has 0 bridgehead atoms. The molecule has 1 aromatic heterocycles. The Morgan fingerprint density at radius 1 is 1.20 bits per heavy atom. The topological polar surface area (TPSA) is 35.2 Å². The molecule has 2 aromatic rings. The van der Waals surface area contributed by atoms with Crippen molar-refractivity contribution >= 4 is 12.2 Å². The summed E-state index contributed by atoms with van der Waals surface area (Å²) in [4.78, 5) is 2.26. The van der Waals surface area contributed by atoms with Gasteiger partial charge in [0, 0.05) is 18.5 Å². The van der Waals surface area contributed by atoms with Crippen LogP contribution in [-0.4, -0.2) is 32.9 Å². The summed E-state index contributed by atoms with van der Waals surface area (Å²) in [6.45, 7) is 4.29. The van der Waals surface area contributed by atoms with Gasteiger partial charge in [-0.15, -0.1) is 0 Å². The SMILES string of the molecule is CCOc1ccc(CN(C)Cn2nc(C3CC3)n(C3CC3)c2=S)cc1. The summed E-state index contributed by atoms with van der Waals surface area (Å²) in [5.41, 5.74) is 1.27. The first-order chi connectivity index (χ1) is 12.2. The minimum atomic E-state index is 0.605. The van der Waals surface area contributed by atoms with Crippen LogP contribution in [0.4, 0.5) is 0 Å². The number of hydrogen-bond donors (Lipinski definition) is 0. The molecule has 25 heavy (non-hydrogen) atoms. The van der Waals surface area contributed by atoms with Crippen molar-refractivity contribution in [1.29, 1.82) is 0 Å². The summed E-state index contributed by atoms with van der Waals surface area (Å²) in [5.74, 6) is 2.79. The van der Waals surface area contributed by atoms with Gasteiger partial charge in [0.25, 0.3) is 0 Å². The van der Waals surface area contributed by atoms with Crippen LogP contribution in [0.3, 0.4) is 0 Å². The molecule has 0 saturated heterocycles. The Balaban J connectivity index is 1.44. The van der Waals surface area contributed by atoms with Gasteiger partial charge in [-0.05, 0) is 69.6 Å². The third kappa shape index (κ3) is 3.80. The molecular weight excluding hydrogens is 332 g/mol. The monoisotopic (exact) mass is 358 g/mol. The molecule has 2 aliphatic rings. The number of rotatable bonds is 8. The molecule has 0 spiro atoms. The Labute approximate surface area is 154 Å². The van der Waals surface area contributed by atoms with Gasteiger partial charge in [-0.25, -0.2) is 4.68 Å². The second-order valence-electron chi connectivity index (χ2n) is 7.25. The predicted octanol–water partition coefficient (Wildman–Crippen LogP) is 4.11. The molecule has 6 heteroatoms. The maximum atomic E-state index is 5.73. The molecule has 0 unspecified atom stereocenters. The molecule has 2 fully saturated rings. The molecule has 0 aliphatic heterocycles. The van der Waals surface area contributed by atoms with E-state index in [4.69, 9.17) is 22.1 Å². The first kappa shape index (κ1) is 16.8. The lowest BCUT2D eigenvalue weighted by Gasteiger charge is -2.16. The lowest BCUT2D eigenvalue weighted by Crippen LogP contribution is -2.22. The van der Waals surface area contributed by atoms with Gasteiger partial charge in [0.15, 0.2) is 4.77 Å². The molecule has 0 amide bonds. The number of aromatic nitrogens is 3. The summed E-state index contributed by atoms with van der Waals surface area (Å²) < 4.78 is 10.7. The Morgan fingerprint density at radius 3 is 2.52 bits per heavy atom. The van der Waals surface area contributed by atoms with Gasteiger partial charge in [-0.3, -0.25) is 4.90 Å². The highest BCUT2D eigenvalue weighted by atomic mass is 32.1. The molecule has 0 radical (unpaired) electrons. The molecule has 0 atom stereocenters. The van der Waals surface area contributed by atoms with Crippen molar-refractivity contribution in [3.63, 3.8) is 0 Å². The lowest BCUT2D eigenvalue weighted by molar-refractivity contribution is 0.243. The van der Waals surface area contributed by atoms with Crippen molar-refractivity contribution in [1.82, 2.24) is 19.2 Å². The maximum Gasteiger partial charge on any atom is 0.199 e. The standard InChI is InChI=1S/C19H26N4OS/c1-3-24-17-10-4-14(5-11-17)12-21(2)13-22-19(25)23(16-8-9-16)18(20-22)15-6-7-15/h4-5,10-11,15-16H,3,6-9,12-13H2,1-2H3.